The number of thiophene rings is 1. The largest absolute Gasteiger partial charge is 0.342 e. The van der Waals surface area contributed by atoms with Gasteiger partial charge in [0.1, 0.15) is 11.6 Å². The number of likely N-dealkylation sites (tertiary alicyclic amines) is 1. The van der Waals surface area contributed by atoms with E-state index in [2.05, 4.69) is 42.5 Å². The molecule has 0 atom stereocenters. The molecule has 0 bridgehead atoms. The van der Waals surface area contributed by atoms with Crippen LogP contribution in [-0.2, 0) is 23.3 Å². The van der Waals surface area contributed by atoms with Gasteiger partial charge in [-0.2, -0.15) is 0 Å². The summed E-state index contributed by atoms with van der Waals surface area (Å²) in [4.78, 5) is 17.1. The second-order valence-corrected chi connectivity index (χ2v) is 9.44. The summed E-state index contributed by atoms with van der Waals surface area (Å²) in [5, 5.41) is 14.4. The van der Waals surface area contributed by atoms with Gasteiger partial charge in [0.05, 0.1) is 12.0 Å². The van der Waals surface area contributed by atoms with Gasteiger partial charge in [-0.3, -0.25) is 4.79 Å². The lowest BCUT2D eigenvalue weighted by molar-refractivity contribution is -0.139. The lowest BCUT2D eigenvalue weighted by Crippen LogP contribution is -2.50. The van der Waals surface area contributed by atoms with Crippen LogP contribution < -0.4 is 5.32 Å². The van der Waals surface area contributed by atoms with Crippen LogP contribution in [0.15, 0.2) is 17.5 Å². The molecule has 0 aromatic carbocycles. The molecule has 0 spiro atoms. The standard InChI is InChI=1S/C21H29N5OS/c27-20(21(8-2-1-3-9-21)17-5-4-14-28-17)25-11-6-16(7-12-25)19-24-23-18-15-22-10-13-26(18)19/h4-5,14,16,22H,1-3,6-13,15H2. The Bertz CT molecular complexity index is 816. The van der Waals surface area contributed by atoms with E-state index in [0.717, 1.165) is 70.1 Å². The van der Waals surface area contributed by atoms with Crippen molar-refractivity contribution in [1.82, 2.24) is 25.0 Å². The van der Waals surface area contributed by atoms with E-state index in [1.54, 1.807) is 11.3 Å². The molecule has 1 saturated carbocycles. The number of fused-ring (bicyclic) bond motifs is 1. The number of hydrogen-bond donors (Lipinski definition) is 1. The fraction of sp³-hybridized carbons (Fsp3) is 0.667. The fourth-order valence-corrected chi connectivity index (χ4v) is 6.31. The summed E-state index contributed by atoms with van der Waals surface area (Å²) >= 11 is 1.76. The highest BCUT2D eigenvalue weighted by molar-refractivity contribution is 7.10. The molecule has 28 heavy (non-hydrogen) atoms. The SMILES string of the molecule is O=C(N1CCC(c2nnc3n2CCNC3)CC1)C1(c2cccs2)CCCCC1. The molecule has 7 heteroatoms. The summed E-state index contributed by atoms with van der Waals surface area (Å²) < 4.78 is 2.30. The minimum Gasteiger partial charge on any atom is -0.342 e. The van der Waals surface area contributed by atoms with Crippen molar-refractivity contribution in [3.05, 3.63) is 34.0 Å². The van der Waals surface area contributed by atoms with E-state index in [0.29, 0.717) is 11.8 Å². The molecule has 150 valence electrons. The molecule has 3 aliphatic rings. The Morgan fingerprint density at radius 3 is 2.71 bits per heavy atom. The number of amides is 1. The Balaban J connectivity index is 1.31. The zero-order valence-electron chi connectivity index (χ0n) is 16.4. The number of hydrogen-bond acceptors (Lipinski definition) is 5. The zero-order valence-corrected chi connectivity index (χ0v) is 17.2. The van der Waals surface area contributed by atoms with Gasteiger partial charge in [-0.25, -0.2) is 0 Å². The van der Waals surface area contributed by atoms with E-state index in [1.807, 2.05) is 0 Å². The van der Waals surface area contributed by atoms with Crippen LogP contribution in [0.4, 0.5) is 0 Å². The second kappa shape index (κ2) is 7.59. The molecular weight excluding hydrogens is 370 g/mol. The molecule has 0 radical (unpaired) electrons. The van der Waals surface area contributed by atoms with Crippen molar-refractivity contribution in [2.45, 2.75) is 69.4 Å². The summed E-state index contributed by atoms with van der Waals surface area (Å²) in [6.45, 7) is 4.44. The molecule has 1 saturated heterocycles. The molecular formula is C21H29N5OS. The molecule has 0 unspecified atom stereocenters. The third-order valence-electron chi connectivity index (χ3n) is 6.91. The zero-order chi connectivity index (χ0) is 19.0. The van der Waals surface area contributed by atoms with Crippen LogP contribution in [0.25, 0.3) is 0 Å². The van der Waals surface area contributed by atoms with Crippen molar-refractivity contribution >= 4 is 17.2 Å². The summed E-state index contributed by atoms with van der Waals surface area (Å²) in [6, 6.07) is 4.27. The van der Waals surface area contributed by atoms with Crippen LogP contribution in [-0.4, -0.2) is 45.2 Å². The Kier molecular flexibility index (Phi) is 4.97. The van der Waals surface area contributed by atoms with E-state index in [1.165, 1.54) is 24.1 Å². The van der Waals surface area contributed by atoms with Gasteiger partial charge in [0.15, 0.2) is 0 Å². The molecule has 2 fully saturated rings. The predicted molar refractivity (Wildman–Crippen MR) is 109 cm³/mol. The summed E-state index contributed by atoms with van der Waals surface area (Å²) in [5.74, 6) is 2.99. The van der Waals surface area contributed by atoms with Gasteiger partial charge >= 0.3 is 0 Å². The van der Waals surface area contributed by atoms with Crippen LogP contribution in [0.2, 0.25) is 0 Å². The van der Waals surface area contributed by atoms with E-state index >= 15 is 0 Å². The molecule has 5 rings (SSSR count). The van der Waals surface area contributed by atoms with Gasteiger partial charge < -0.3 is 14.8 Å². The molecule has 1 aliphatic carbocycles. The van der Waals surface area contributed by atoms with Gasteiger partial charge in [0, 0.05) is 37.0 Å². The Labute approximate surface area is 170 Å². The molecule has 1 N–H and O–H groups in total. The van der Waals surface area contributed by atoms with E-state index in [4.69, 9.17) is 0 Å². The molecule has 4 heterocycles. The molecule has 2 aromatic heterocycles. The summed E-state index contributed by atoms with van der Waals surface area (Å²) in [7, 11) is 0. The minimum atomic E-state index is -0.265. The highest BCUT2D eigenvalue weighted by atomic mass is 32.1. The first-order valence-corrected chi connectivity index (χ1v) is 11.6. The smallest absolute Gasteiger partial charge is 0.234 e. The molecule has 2 aliphatic heterocycles. The maximum Gasteiger partial charge on any atom is 0.234 e. The first kappa shape index (κ1) is 18.3. The Morgan fingerprint density at radius 1 is 1.14 bits per heavy atom. The number of piperidine rings is 1. The summed E-state index contributed by atoms with van der Waals surface area (Å²) in [6.07, 6.45) is 7.61. The molecule has 1 amide bonds. The second-order valence-electron chi connectivity index (χ2n) is 8.49. The van der Waals surface area contributed by atoms with Crippen LogP contribution in [0.1, 0.15) is 67.4 Å². The first-order valence-electron chi connectivity index (χ1n) is 10.7. The van der Waals surface area contributed by atoms with Crippen LogP contribution >= 0.6 is 11.3 Å². The normalized spacial score (nSPS) is 22.8. The number of nitrogens with zero attached hydrogens (tertiary/aromatic N) is 4. The van der Waals surface area contributed by atoms with Gasteiger partial charge in [-0.05, 0) is 37.1 Å². The van der Waals surface area contributed by atoms with Crippen molar-refractivity contribution in [2.24, 2.45) is 0 Å². The van der Waals surface area contributed by atoms with Gasteiger partial charge in [-0.15, -0.1) is 21.5 Å². The van der Waals surface area contributed by atoms with E-state index in [-0.39, 0.29) is 5.41 Å². The van der Waals surface area contributed by atoms with E-state index < -0.39 is 0 Å². The average Bonchev–Trinajstić information content (AvgIpc) is 3.44. The molecule has 2 aromatic rings. The highest BCUT2D eigenvalue weighted by Crippen LogP contribution is 2.43. The average molecular weight is 400 g/mol. The monoisotopic (exact) mass is 399 g/mol. The van der Waals surface area contributed by atoms with E-state index in [9.17, 15) is 4.79 Å². The van der Waals surface area contributed by atoms with Crippen LogP contribution in [0.3, 0.4) is 0 Å². The fourth-order valence-electron chi connectivity index (χ4n) is 5.33. The third-order valence-corrected chi connectivity index (χ3v) is 7.98. The number of rotatable bonds is 3. The number of carbonyl (C=O) groups is 1. The number of aromatic nitrogens is 3. The first-order chi connectivity index (χ1) is 13.8. The predicted octanol–water partition coefficient (Wildman–Crippen LogP) is 3.05. The van der Waals surface area contributed by atoms with Crippen molar-refractivity contribution in [3.63, 3.8) is 0 Å². The van der Waals surface area contributed by atoms with Crippen LogP contribution in [0.5, 0.6) is 0 Å². The topological polar surface area (TPSA) is 63.1 Å². The van der Waals surface area contributed by atoms with Gasteiger partial charge in [0.2, 0.25) is 5.91 Å². The number of carbonyl (C=O) groups excluding carboxylic acids is 1. The Morgan fingerprint density at radius 2 is 1.96 bits per heavy atom. The number of nitrogens with one attached hydrogen (secondary N) is 1. The third kappa shape index (κ3) is 3.08. The Hall–Kier alpha value is -1.73. The van der Waals surface area contributed by atoms with Crippen LogP contribution in [0, 0.1) is 0 Å². The van der Waals surface area contributed by atoms with Crippen molar-refractivity contribution in [3.8, 4) is 0 Å². The minimum absolute atomic E-state index is 0.265. The summed E-state index contributed by atoms with van der Waals surface area (Å²) in [5.41, 5.74) is -0.265. The maximum absolute atomic E-state index is 13.7. The van der Waals surface area contributed by atoms with Gasteiger partial charge in [0.25, 0.3) is 0 Å². The van der Waals surface area contributed by atoms with Crippen molar-refractivity contribution < 1.29 is 4.79 Å². The quantitative estimate of drug-likeness (QED) is 0.862. The highest BCUT2D eigenvalue weighted by Gasteiger charge is 2.45. The lowest BCUT2D eigenvalue weighted by Gasteiger charge is -2.41. The molecule has 6 nitrogen and oxygen atoms in total. The lowest BCUT2D eigenvalue weighted by atomic mass is 9.71. The van der Waals surface area contributed by atoms with Crippen molar-refractivity contribution in [1.29, 1.82) is 0 Å². The van der Waals surface area contributed by atoms with Crippen molar-refractivity contribution in [2.75, 3.05) is 19.6 Å². The van der Waals surface area contributed by atoms with Gasteiger partial charge in [-0.1, -0.05) is 25.3 Å². The maximum atomic E-state index is 13.7.